The first-order chi connectivity index (χ1) is 13.1. The van der Waals surface area contributed by atoms with Gasteiger partial charge in [0.15, 0.2) is 0 Å². The lowest BCUT2D eigenvalue weighted by Crippen LogP contribution is -2.42. The Kier molecular flexibility index (Phi) is 6.74. The second-order valence-corrected chi connectivity index (χ2v) is 6.77. The van der Waals surface area contributed by atoms with Crippen LogP contribution in [-0.4, -0.2) is 43.7 Å². The quantitative estimate of drug-likeness (QED) is 0.795. The number of hydrogen-bond donors (Lipinski definition) is 1. The number of nitrogens with one attached hydrogen (secondary N) is 1. The maximum absolute atomic E-state index is 13.0. The van der Waals surface area contributed by atoms with Crippen LogP contribution >= 0.6 is 0 Å². The van der Waals surface area contributed by atoms with Gasteiger partial charge in [0.1, 0.15) is 5.82 Å². The molecule has 5 heteroatoms. The van der Waals surface area contributed by atoms with Gasteiger partial charge in [0.25, 0.3) is 0 Å². The summed E-state index contributed by atoms with van der Waals surface area (Å²) in [4.78, 5) is 14.8. The van der Waals surface area contributed by atoms with Crippen LogP contribution in [0.2, 0.25) is 0 Å². The molecule has 142 valence electrons. The first-order valence-corrected chi connectivity index (χ1v) is 9.21. The van der Waals surface area contributed by atoms with Crippen molar-refractivity contribution in [2.24, 2.45) is 0 Å². The van der Waals surface area contributed by atoms with E-state index in [1.54, 1.807) is 18.2 Å². The number of ether oxygens (including phenoxy) is 1. The van der Waals surface area contributed by atoms with Crippen molar-refractivity contribution in [1.82, 2.24) is 10.2 Å². The molecule has 1 amide bonds. The number of amides is 1. The van der Waals surface area contributed by atoms with Crippen LogP contribution in [0.25, 0.3) is 6.08 Å². The molecule has 0 saturated carbocycles. The second kappa shape index (κ2) is 9.44. The molecule has 0 unspecified atom stereocenters. The standard InChI is InChI=1S/C22H25FN2O2/c1-17-2-7-19(8-3-17)21(16-25-12-14-27-15-13-25)24-22(26)11-6-18-4-9-20(23)10-5-18/h2-11,21H,12-16H2,1H3,(H,24,26)/b11-6+/t21-/m1/s1. The minimum atomic E-state index is -0.290. The molecule has 2 aromatic carbocycles. The van der Waals surface area contributed by atoms with E-state index in [2.05, 4.69) is 34.5 Å². The molecule has 4 nitrogen and oxygen atoms in total. The molecule has 0 aliphatic carbocycles. The van der Waals surface area contributed by atoms with Gasteiger partial charge in [-0.3, -0.25) is 9.69 Å². The van der Waals surface area contributed by atoms with Gasteiger partial charge < -0.3 is 10.1 Å². The number of benzene rings is 2. The molecule has 1 atom stereocenters. The van der Waals surface area contributed by atoms with Gasteiger partial charge in [0, 0.05) is 25.7 Å². The summed E-state index contributed by atoms with van der Waals surface area (Å²) in [6.07, 6.45) is 3.18. The number of hydrogen-bond acceptors (Lipinski definition) is 3. The molecule has 0 aromatic heterocycles. The van der Waals surface area contributed by atoms with E-state index >= 15 is 0 Å². The maximum atomic E-state index is 13.0. The molecule has 27 heavy (non-hydrogen) atoms. The van der Waals surface area contributed by atoms with Crippen molar-refractivity contribution >= 4 is 12.0 Å². The van der Waals surface area contributed by atoms with Crippen LogP contribution in [0.4, 0.5) is 4.39 Å². The molecule has 1 aliphatic heterocycles. The highest BCUT2D eigenvalue weighted by Crippen LogP contribution is 2.17. The molecule has 0 radical (unpaired) electrons. The molecular formula is C22H25FN2O2. The molecular weight excluding hydrogens is 343 g/mol. The first kappa shape index (κ1) is 19.3. The third-order valence-electron chi connectivity index (χ3n) is 4.64. The number of carbonyl (C=O) groups excluding carboxylic acids is 1. The zero-order valence-corrected chi connectivity index (χ0v) is 15.5. The molecule has 1 saturated heterocycles. The zero-order valence-electron chi connectivity index (χ0n) is 15.5. The van der Waals surface area contributed by atoms with Crippen LogP contribution < -0.4 is 5.32 Å². The van der Waals surface area contributed by atoms with Gasteiger partial charge in [-0.15, -0.1) is 0 Å². The molecule has 1 fully saturated rings. The smallest absolute Gasteiger partial charge is 0.244 e. The van der Waals surface area contributed by atoms with Gasteiger partial charge in [-0.05, 0) is 36.3 Å². The summed E-state index contributed by atoms with van der Waals surface area (Å²) < 4.78 is 18.4. The van der Waals surface area contributed by atoms with Crippen molar-refractivity contribution in [3.05, 3.63) is 77.1 Å². The predicted octanol–water partition coefficient (Wildman–Crippen LogP) is 3.34. The average molecular weight is 368 g/mol. The Morgan fingerprint density at radius 1 is 1.15 bits per heavy atom. The van der Waals surface area contributed by atoms with E-state index in [-0.39, 0.29) is 17.8 Å². The third-order valence-corrected chi connectivity index (χ3v) is 4.64. The summed E-state index contributed by atoms with van der Waals surface area (Å²) in [5, 5.41) is 3.10. The Morgan fingerprint density at radius 2 is 1.81 bits per heavy atom. The van der Waals surface area contributed by atoms with Crippen molar-refractivity contribution in [1.29, 1.82) is 0 Å². The van der Waals surface area contributed by atoms with Crippen molar-refractivity contribution in [3.8, 4) is 0 Å². The van der Waals surface area contributed by atoms with Crippen LogP contribution in [0.1, 0.15) is 22.7 Å². The van der Waals surface area contributed by atoms with E-state index in [1.165, 1.54) is 23.8 Å². The summed E-state index contributed by atoms with van der Waals surface area (Å²) >= 11 is 0. The lowest BCUT2D eigenvalue weighted by atomic mass is 10.0. The lowest BCUT2D eigenvalue weighted by molar-refractivity contribution is -0.117. The summed E-state index contributed by atoms with van der Waals surface area (Å²) in [6, 6.07) is 14.2. The number of rotatable bonds is 6. The van der Waals surface area contributed by atoms with Gasteiger partial charge in [-0.25, -0.2) is 4.39 Å². The monoisotopic (exact) mass is 368 g/mol. The minimum Gasteiger partial charge on any atom is -0.379 e. The predicted molar refractivity (Wildman–Crippen MR) is 105 cm³/mol. The Balaban J connectivity index is 1.68. The van der Waals surface area contributed by atoms with E-state index in [1.807, 2.05) is 6.92 Å². The SMILES string of the molecule is Cc1ccc([C@@H](CN2CCOCC2)NC(=O)/C=C/c2ccc(F)cc2)cc1. The fourth-order valence-corrected chi connectivity index (χ4v) is 3.04. The fraction of sp³-hybridized carbons (Fsp3) is 0.318. The van der Waals surface area contributed by atoms with Crippen molar-refractivity contribution in [2.75, 3.05) is 32.8 Å². The summed E-state index contributed by atoms with van der Waals surface area (Å²) in [5.41, 5.74) is 3.05. The topological polar surface area (TPSA) is 41.6 Å². The van der Waals surface area contributed by atoms with Gasteiger partial charge in [-0.1, -0.05) is 42.0 Å². The van der Waals surface area contributed by atoms with Crippen LogP contribution in [0, 0.1) is 12.7 Å². The highest BCUT2D eigenvalue weighted by Gasteiger charge is 2.19. The molecule has 2 aromatic rings. The van der Waals surface area contributed by atoms with Crippen LogP contribution in [-0.2, 0) is 9.53 Å². The third kappa shape index (κ3) is 6.01. The average Bonchev–Trinajstić information content (AvgIpc) is 2.68. The first-order valence-electron chi connectivity index (χ1n) is 9.21. The van der Waals surface area contributed by atoms with Crippen LogP contribution in [0.5, 0.6) is 0 Å². The molecule has 0 bridgehead atoms. The lowest BCUT2D eigenvalue weighted by Gasteiger charge is -2.31. The zero-order chi connectivity index (χ0) is 19.1. The molecule has 3 rings (SSSR count). The Morgan fingerprint density at radius 3 is 2.48 bits per heavy atom. The highest BCUT2D eigenvalue weighted by atomic mass is 19.1. The van der Waals surface area contributed by atoms with Gasteiger partial charge in [-0.2, -0.15) is 0 Å². The molecule has 0 spiro atoms. The van der Waals surface area contributed by atoms with Crippen LogP contribution in [0.15, 0.2) is 54.6 Å². The van der Waals surface area contributed by atoms with Gasteiger partial charge >= 0.3 is 0 Å². The van der Waals surface area contributed by atoms with E-state index < -0.39 is 0 Å². The highest BCUT2D eigenvalue weighted by molar-refractivity contribution is 5.92. The van der Waals surface area contributed by atoms with Crippen molar-refractivity contribution < 1.29 is 13.9 Å². The summed E-state index contributed by atoms with van der Waals surface area (Å²) in [6.45, 7) is 5.96. The molecule has 1 N–H and O–H groups in total. The normalized spacial score (nSPS) is 16.4. The Hall–Kier alpha value is -2.50. The van der Waals surface area contributed by atoms with Crippen LogP contribution in [0.3, 0.4) is 0 Å². The van der Waals surface area contributed by atoms with Gasteiger partial charge in [0.2, 0.25) is 5.91 Å². The largest absolute Gasteiger partial charge is 0.379 e. The summed E-state index contributed by atoms with van der Waals surface area (Å²) in [7, 11) is 0. The second-order valence-electron chi connectivity index (χ2n) is 6.77. The number of halogens is 1. The van der Waals surface area contributed by atoms with Crippen molar-refractivity contribution in [3.63, 3.8) is 0 Å². The number of carbonyl (C=O) groups is 1. The van der Waals surface area contributed by atoms with Crippen molar-refractivity contribution in [2.45, 2.75) is 13.0 Å². The number of morpholine rings is 1. The minimum absolute atomic E-state index is 0.103. The Bertz CT molecular complexity index is 766. The van der Waals surface area contributed by atoms with E-state index in [0.29, 0.717) is 0 Å². The van der Waals surface area contributed by atoms with Gasteiger partial charge in [0.05, 0.1) is 19.3 Å². The maximum Gasteiger partial charge on any atom is 0.244 e. The van der Waals surface area contributed by atoms with E-state index in [4.69, 9.17) is 4.74 Å². The molecule has 1 heterocycles. The number of aryl methyl sites for hydroxylation is 1. The summed E-state index contributed by atoms with van der Waals surface area (Å²) in [5.74, 6) is -0.459. The molecule has 1 aliphatic rings. The fourth-order valence-electron chi connectivity index (χ4n) is 3.04. The number of nitrogens with zero attached hydrogens (tertiary/aromatic N) is 1. The van der Waals surface area contributed by atoms with E-state index in [0.717, 1.165) is 44.0 Å². The Labute approximate surface area is 159 Å². The van der Waals surface area contributed by atoms with E-state index in [9.17, 15) is 9.18 Å².